The lowest BCUT2D eigenvalue weighted by Crippen LogP contribution is -1.90. The van der Waals surface area contributed by atoms with Crippen LogP contribution in [-0.2, 0) is 0 Å². The standard InChI is InChI=1S/C17H13NO.Al.H/c19-16-11-10-14(15-7-4-12-18-17(15)16)9-8-13-5-2-1-3-6-13;;/h1-12,19H;;/q;+1;/p-1/b9-8+;;. The van der Waals surface area contributed by atoms with Crippen molar-refractivity contribution in [2.75, 3.05) is 0 Å². The Hall–Kier alpha value is -2.08. The zero-order chi connectivity index (χ0) is 13.8. The number of rotatable bonds is 3. The molecule has 1 aromatic heterocycles. The summed E-state index contributed by atoms with van der Waals surface area (Å²) in [7, 11) is 0. The lowest BCUT2D eigenvalue weighted by molar-refractivity contribution is 0.622. The molecule has 0 amide bonds. The van der Waals surface area contributed by atoms with Crippen LogP contribution < -0.4 is 3.79 Å². The van der Waals surface area contributed by atoms with Crippen LogP contribution in [0.2, 0.25) is 0 Å². The molecule has 3 heteroatoms. The number of pyridine rings is 1. The minimum absolute atomic E-state index is 0.816. The Labute approximate surface area is 126 Å². The van der Waals surface area contributed by atoms with Gasteiger partial charge in [-0.3, -0.25) is 4.98 Å². The van der Waals surface area contributed by atoms with Crippen LogP contribution in [0.15, 0.2) is 60.8 Å². The van der Waals surface area contributed by atoms with Gasteiger partial charge in [-0.1, -0.05) is 54.6 Å². The van der Waals surface area contributed by atoms with Gasteiger partial charge in [-0.25, -0.2) is 0 Å². The SMILES string of the molecule is [AlH][O]c1ccc(/C=C/c2ccccc2)c2cccnc12. The zero-order valence-electron chi connectivity index (χ0n) is 11.0. The van der Waals surface area contributed by atoms with Crippen molar-refractivity contribution in [1.82, 2.24) is 4.98 Å². The molecule has 1 radical (unpaired) electrons. The topological polar surface area (TPSA) is 22.1 Å². The first-order chi connectivity index (χ1) is 9.88. The van der Waals surface area contributed by atoms with Crippen molar-refractivity contribution in [2.45, 2.75) is 0 Å². The van der Waals surface area contributed by atoms with Crippen molar-refractivity contribution in [1.29, 1.82) is 0 Å². The number of nitrogens with zero attached hydrogens (tertiary/aromatic N) is 1. The summed E-state index contributed by atoms with van der Waals surface area (Å²) in [6, 6.07) is 18.3. The maximum atomic E-state index is 5.39. The van der Waals surface area contributed by atoms with E-state index in [4.69, 9.17) is 3.79 Å². The van der Waals surface area contributed by atoms with Gasteiger partial charge >= 0.3 is 16.6 Å². The quantitative estimate of drug-likeness (QED) is 0.538. The van der Waals surface area contributed by atoms with E-state index in [1.54, 1.807) is 6.20 Å². The van der Waals surface area contributed by atoms with E-state index in [9.17, 15) is 0 Å². The second-order valence-electron chi connectivity index (χ2n) is 4.44. The van der Waals surface area contributed by atoms with E-state index in [0.717, 1.165) is 22.2 Å². The summed E-state index contributed by atoms with van der Waals surface area (Å²) in [5.74, 6) is 0.816. The Balaban J connectivity index is 2.07. The summed E-state index contributed by atoms with van der Waals surface area (Å²) in [5, 5.41) is 1.10. The van der Waals surface area contributed by atoms with E-state index >= 15 is 0 Å². The van der Waals surface area contributed by atoms with Gasteiger partial charge in [-0.2, -0.15) is 0 Å². The third kappa shape index (κ3) is 2.60. The van der Waals surface area contributed by atoms with Crippen LogP contribution >= 0.6 is 0 Å². The molecule has 0 N–H and O–H groups in total. The largest absolute Gasteiger partial charge is 0.649 e. The minimum atomic E-state index is 0.816. The van der Waals surface area contributed by atoms with E-state index in [-0.39, 0.29) is 0 Å². The molecular weight excluding hydrogens is 261 g/mol. The van der Waals surface area contributed by atoms with Crippen LogP contribution in [0.25, 0.3) is 23.1 Å². The lowest BCUT2D eigenvalue weighted by atomic mass is 10.1. The molecule has 0 aliphatic carbocycles. The molecular formula is C17H13AlNO. The third-order valence-corrected chi connectivity index (χ3v) is 3.49. The van der Waals surface area contributed by atoms with Gasteiger partial charge in [-0.15, -0.1) is 0 Å². The van der Waals surface area contributed by atoms with E-state index in [1.165, 1.54) is 22.2 Å². The number of fused-ring (bicyclic) bond motifs is 1. The average Bonchev–Trinajstić information content (AvgIpc) is 2.53. The molecule has 0 fully saturated rings. The highest BCUT2D eigenvalue weighted by Crippen LogP contribution is 2.27. The lowest BCUT2D eigenvalue weighted by Gasteiger charge is -2.08. The molecule has 1 heterocycles. The van der Waals surface area contributed by atoms with Crippen LogP contribution in [0.4, 0.5) is 0 Å². The van der Waals surface area contributed by atoms with Crippen molar-refractivity contribution in [3.05, 3.63) is 71.9 Å². The predicted octanol–water partition coefficient (Wildman–Crippen LogP) is 3.60. The summed E-state index contributed by atoms with van der Waals surface area (Å²) < 4.78 is 5.39. The first-order valence-corrected chi connectivity index (χ1v) is 6.99. The Kier molecular flexibility index (Phi) is 3.83. The first-order valence-electron chi connectivity index (χ1n) is 6.41. The smallest absolute Gasteiger partial charge is 0.494 e. The van der Waals surface area contributed by atoms with Crippen molar-refractivity contribution in [3.8, 4) is 5.75 Å². The van der Waals surface area contributed by atoms with Crippen LogP contribution in [0.3, 0.4) is 0 Å². The molecule has 95 valence electrons. The van der Waals surface area contributed by atoms with Gasteiger partial charge < -0.3 is 3.79 Å². The highest BCUT2D eigenvalue weighted by atomic mass is 27.1. The first kappa shape index (κ1) is 12.9. The van der Waals surface area contributed by atoms with Gasteiger partial charge in [0.25, 0.3) is 0 Å². The Morgan fingerprint density at radius 1 is 0.900 bits per heavy atom. The minimum Gasteiger partial charge on any atom is -0.649 e. The fourth-order valence-electron chi connectivity index (χ4n) is 2.18. The van der Waals surface area contributed by atoms with Gasteiger partial charge in [-0.05, 0) is 23.3 Å². The van der Waals surface area contributed by atoms with Crippen LogP contribution in [0.5, 0.6) is 5.75 Å². The fraction of sp³-hybridized carbons (Fsp3) is 0. The molecule has 0 saturated carbocycles. The number of hydrogen-bond donors (Lipinski definition) is 0. The molecule has 0 bridgehead atoms. The maximum absolute atomic E-state index is 5.39. The Morgan fingerprint density at radius 2 is 1.75 bits per heavy atom. The predicted molar refractivity (Wildman–Crippen MR) is 84.9 cm³/mol. The van der Waals surface area contributed by atoms with Gasteiger partial charge in [0.2, 0.25) is 0 Å². The van der Waals surface area contributed by atoms with Crippen LogP contribution in [0, 0.1) is 0 Å². The van der Waals surface area contributed by atoms with E-state index in [1.807, 2.05) is 30.3 Å². The molecule has 0 atom stereocenters. The third-order valence-electron chi connectivity index (χ3n) is 3.18. The number of aromatic nitrogens is 1. The molecule has 3 aromatic rings. The van der Waals surface area contributed by atoms with Crippen LogP contribution in [0.1, 0.15) is 11.1 Å². The maximum Gasteiger partial charge on any atom is 0.494 e. The summed E-state index contributed by atoms with van der Waals surface area (Å²) in [5.41, 5.74) is 3.22. The van der Waals surface area contributed by atoms with E-state index < -0.39 is 0 Å². The van der Waals surface area contributed by atoms with Crippen LogP contribution in [-0.4, -0.2) is 21.6 Å². The second kappa shape index (κ2) is 5.92. The van der Waals surface area contributed by atoms with Crippen molar-refractivity contribution in [3.63, 3.8) is 0 Å². The van der Waals surface area contributed by atoms with Gasteiger partial charge in [0, 0.05) is 11.6 Å². The highest BCUT2D eigenvalue weighted by Gasteiger charge is 2.04. The molecule has 0 aliphatic rings. The van der Waals surface area contributed by atoms with Gasteiger partial charge in [0.05, 0.1) is 0 Å². The number of hydrogen-bond acceptors (Lipinski definition) is 2. The van der Waals surface area contributed by atoms with Gasteiger partial charge in [0.1, 0.15) is 11.3 Å². The summed E-state index contributed by atoms with van der Waals surface area (Å²) in [6.07, 6.45) is 6.01. The molecule has 0 aliphatic heterocycles. The molecule has 2 aromatic carbocycles. The Bertz CT molecular complexity index is 753. The fourth-order valence-corrected chi connectivity index (χ4v) is 2.41. The monoisotopic (exact) mass is 274 g/mol. The van der Waals surface area contributed by atoms with Gasteiger partial charge in [0.15, 0.2) is 0 Å². The number of benzene rings is 2. The Morgan fingerprint density at radius 3 is 2.55 bits per heavy atom. The molecule has 2 nitrogen and oxygen atoms in total. The van der Waals surface area contributed by atoms with Crippen molar-refractivity contribution >= 4 is 39.7 Å². The van der Waals surface area contributed by atoms with Crippen molar-refractivity contribution in [2.24, 2.45) is 0 Å². The summed E-state index contributed by atoms with van der Waals surface area (Å²) >= 11 is 1.47. The zero-order valence-corrected chi connectivity index (χ0v) is 12.4. The summed E-state index contributed by atoms with van der Waals surface area (Å²) in [6.45, 7) is 0. The molecule has 0 unspecified atom stereocenters. The average molecular weight is 274 g/mol. The van der Waals surface area contributed by atoms with E-state index in [2.05, 4.69) is 41.4 Å². The second-order valence-corrected chi connectivity index (χ2v) is 4.73. The normalized spacial score (nSPS) is 11.0. The van der Waals surface area contributed by atoms with Crippen molar-refractivity contribution < 1.29 is 3.79 Å². The molecule has 3 rings (SSSR count). The molecule has 0 saturated heterocycles. The summed E-state index contributed by atoms with van der Waals surface area (Å²) in [4.78, 5) is 4.41. The highest BCUT2D eigenvalue weighted by molar-refractivity contribution is 6.03. The molecule has 20 heavy (non-hydrogen) atoms. The molecule has 0 spiro atoms. The van der Waals surface area contributed by atoms with E-state index in [0.29, 0.717) is 0 Å².